The summed E-state index contributed by atoms with van der Waals surface area (Å²) >= 11 is 0.969. The second kappa shape index (κ2) is 9.11. The molecule has 3 N–H and O–H groups in total. The molecule has 7 heteroatoms. The molecule has 1 amide bonds. The van der Waals surface area contributed by atoms with E-state index in [-0.39, 0.29) is 36.2 Å². The van der Waals surface area contributed by atoms with Gasteiger partial charge in [0, 0.05) is 18.5 Å². The SMILES string of the molecule is NCCC(=O)NC(CSC(=O)c1ccccc1)OC=O. The van der Waals surface area contributed by atoms with Crippen LogP contribution in [0.1, 0.15) is 16.8 Å². The van der Waals surface area contributed by atoms with Gasteiger partial charge in [0.2, 0.25) is 11.0 Å². The molecule has 0 saturated heterocycles. The maximum absolute atomic E-state index is 11.9. The highest BCUT2D eigenvalue weighted by atomic mass is 32.2. The Morgan fingerprint density at radius 2 is 2.05 bits per heavy atom. The lowest BCUT2D eigenvalue weighted by molar-refractivity contribution is -0.137. The van der Waals surface area contributed by atoms with Crippen molar-refractivity contribution in [2.24, 2.45) is 5.73 Å². The van der Waals surface area contributed by atoms with E-state index < -0.39 is 6.23 Å². The summed E-state index contributed by atoms with van der Waals surface area (Å²) in [6, 6.07) is 8.72. The van der Waals surface area contributed by atoms with Gasteiger partial charge >= 0.3 is 0 Å². The van der Waals surface area contributed by atoms with Crippen LogP contribution in [0.4, 0.5) is 0 Å². The lowest BCUT2D eigenvalue weighted by atomic mass is 10.2. The topological polar surface area (TPSA) is 98.5 Å². The molecule has 108 valence electrons. The zero-order valence-corrected chi connectivity index (χ0v) is 11.6. The number of hydrogen-bond acceptors (Lipinski definition) is 6. The van der Waals surface area contributed by atoms with Crippen LogP contribution in [0, 0.1) is 0 Å². The Labute approximate surface area is 121 Å². The minimum absolute atomic E-state index is 0.135. The molecule has 1 unspecified atom stereocenters. The van der Waals surface area contributed by atoms with Crippen molar-refractivity contribution in [1.29, 1.82) is 0 Å². The van der Waals surface area contributed by atoms with Crippen LogP contribution in [-0.2, 0) is 14.3 Å². The zero-order valence-electron chi connectivity index (χ0n) is 10.8. The van der Waals surface area contributed by atoms with Crippen LogP contribution < -0.4 is 11.1 Å². The summed E-state index contributed by atoms with van der Waals surface area (Å²) in [5.74, 6) is -0.185. The molecule has 0 aromatic heterocycles. The normalized spacial score (nSPS) is 11.4. The number of hydrogen-bond donors (Lipinski definition) is 2. The Balaban J connectivity index is 2.48. The molecule has 6 nitrogen and oxygen atoms in total. The van der Waals surface area contributed by atoms with Gasteiger partial charge in [-0.05, 0) is 0 Å². The van der Waals surface area contributed by atoms with Crippen LogP contribution in [0.3, 0.4) is 0 Å². The van der Waals surface area contributed by atoms with Crippen LogP contribution in [0.15, 0.2) is 30.3 Å². The van der Waals surface area contributed by atoms with Crippen LogP contribution >= 0.6 is 11.8 Å². The molecule has 0 heterocycles. The van der Waals surface area contributed by atoms with E-state index in [4.69, 9.17) is 10.5 Å². The highest BCUT2D eigenvalue weighted by molar-refractivity contribution is 8.14. The van der Waals surface area contributed by atoms with Gasteiger partial charge in [0.25, 0.3) is 6.47 Å². The number of ether oxygens (including phenoxy) is 1. The van der Waals surface area contributed by atoms with Gasteiger partial charge in [-0.15, -0.1) is 0 Å². The Hall–Kier alpha value is -1.86. The average molecular weight is 296 g/mol. The molecule has 0 aliphatic carbocycles. The number of benzene rings is 1. The largest absolute Gasteiger partial charge is 0.443 e. The van der Waals surface area contributed by atoms with Crippen LogP contribution in [0.25, 0.3) is 0 Å². The summed E-state index contributed by atoms with van der Waals surface area (Å²) in [4.78, 5) is 33.6. The maximum atomic E-state index is 11.9. The molecule has 1 aromatic carbocycles. The van der Waals surface area contributed by atoms with Gasteiger partial charge in [0.15, 0.2) is 6.23 Å². The van der Waals surface area contributed by atoms with Crippen LogP contribution in [-0.4, -0.2) is 36.0 Å². The Bertz CT molecular complexity index is 453. The maximum Gasteiger partial charge on any atom is 0.295 e. The molecule has 0 fully saturated rings. The van der Waals surface area contributed by atoms with E-state index in [2.05, 4.69) is 5.32 Å². The molecule has 0 radical (unpaired) electrons. The van der Waals surface area contributed by atoms with Gasteiger partial charge in [-0.1, -0.05) is 42.1 Å². The van der Waals surface area contributed by atoms with Crippen molar-refractivity contribution in [2.75, 3.05) is 12.3 Å². The van der Waals surface area contributed by atoms with Crippen molar-refractivity contribution in [2.45, 2.75) is 12.6 Å². The van der Waals surface area contributed by atoms with Gasteiger partial charge in [-0.2, -0.15) is 0 Å². The fourth-order valence-electron chi connectivity index (χ4n) is 1.37. The number of nitrogens with two attached hydrogens (primary N) is 1. The van der Waals surface area contributed by atoms with Gasteiger partial charge in [0.05, 0.1) is 5.75 Å². The first-order valence-electron chi connectivity index (χ1n) is 5.98. The highest BCUT2D eigenvalue weighted by Crippen LogP contribution is 2.13. The van der Waals surface area contributed by atoms with E-state index in [0.29, 0.717) is 5.56 Å². The van der Waals surface area contributed by atoms with E-state index >= 15 is 0 Å². The molecule has 1 rings (SSSR count). The molecule has 0 aliphatic heterocycles. The van der Waals surface area contributed by atoms with E-state index in [1.54, 1.807) is 24.3 Å². The summed E-state index contributed by atoms with van der Waals surface area (Å²) in [6.07, 6.45) is -0.708. The molecule has 0 aliphatic rings. The number of carbonyl (C=O) groups excluding carboxylic acids is 3. The van der Waals surface area contributed by atoms with Gasteiger partial charge in [0.1, 0.15) is 0 Å². The highest BCUT2D eigenvalue weighted by Gasteiger charge is 2.15. The zero-order chi connectivity index (χ0) is 14.8. The summed E-state index contributed by atoms with van der Waals surface area (Å²) < 4.78 is 4.72. The fourth-order valence-corrected chi connectivity index (χ4v) is 2.14. The lowest BCUT2D eigenvalue weighted by Gasteiger charge is -2.15. The summed E-state index contributed by atoms with van der Waals surface area (Å²) in [5, 5.41) is 2.33. The first-order valence-corrected chi connectivity index (χ1v) is 6.96. The third kappa shape index (κ3) is 5.85. The van der Waals surface area contributed by atoms with Gasteiger partial charge < -0.3 is 15.8 Å². The average Bonchev–Trinajstić information content (AvgIpc) is 2.46. The molecular weight excluding hydrogens is 280 g/mol. The van der Waals surface area contributed by atoms with E-state index in [9.17, 15) is 14.4 Å². The molecule has 1 aromatic rings. The number of rotatable bonds is 8. The second-order valence-electron chi connectivity index (χ2n) is 3.79. The van der Waals surface area contributed by atoms with Crippen molar-refractivity contribution in [3.8, 4) is 0 Å². The molecule has 0 bridgehead atoms. The van der Waals surface area contributed by atoms with Crippen molar-refractivity contribution < 1.29 is 19.1 Å². The molecule has 20 heavy (non-hydrogen) atoms. The first kappa shape index (κ1) is 16.2. The molecule has 1 atom stereocenters. The fraction of sp³-hybridized carbons (Fsp3) is 0.308. The minimum atomic E-state index is -0.843. The predicted molar refractivity (Wildman–Crippen MR) is 76.0 cm³/mol. The van der Waals surface area contributed by atoms with E-state index in [0.717, 1.165) is 11.8 Å². The standard InChI is InChI=1S/C13H16N2O4S/c14-7-6-11(17)15-12(19-9-16)8-20-13(18)10-4-2-1-3-5-10/h1-5,9,12H,6-8,14H2,(H,15,17). The number of thioether (sulfide) groups is 1. The second-order valence-corrected chi connectivity index (χ2v) is 4.78. The van der Waals surface area contributed by atoms with E-state index in [1.807, 2.05) is 6.07 Å². The number of carbonyl (C=O) groups is 3. The first-order chi connectivity index (χ1) is 9.67. The third-order valence-electron chi connectivity index (χ3n) is 2.29. The van der Waals surface area contributed by atoms with Crippen molar-refractivity contribution >= 4 is 29.3 Å². The van der Waals surface area contributed by atoms with Crippen molar-refractivity contribution in [3.63, 3.8) is 0 Å². The van der Waals surface area contributed by atoms with E-state index in [1.165, 1.54) is 0 Å². The van der Waals surface area contributed by atoms with Crippen LogP contribution in [0.5, 0.6) is 0 Å². The van der Waals surface area contributed by atoms with Gasteiger partial charge in [-0.25, -0.2) is 0 Å². The molecular formula is C13H16N2O4S. The Kier molecular flexibility index (Phi) is 7.38. The van der Waals surface area contributed by atoms with Gasteiger partial charge in [-0.3, -0.25) is 14.4 Å². The Morgan fingerprint density at radius 3 is 2.65 bits per heavy atom. The van der Waals surface area contributed by atoms with Crippen LogP contribution in [0.2, 0.25) is 0 Å². The molecule has 0 saturated carbocycles. The third-order valence-corrected chi connectivity index (χ3v) is 3.26. The monoisotopic (exact) mass is 296 g/mol. The number of amides is 1. The summed E-state index contributed by atoms with van der Waals surface area (Å²) in [6.45, 7) is 0.441. The number of nitrogens with one attached hydrogen (secondary N) is 1. The predicted octanol–water partition coefficient (Wildman–Crippen LogP) is 0.524. The lowest BCUT2D eigenvalue weighted by Crippen LogP contribution is -2.39. The smallest absolute Gasteiger partial charge is 0.295 e. The molecule has 0 spiro atoms. The van der Waals surface area contributed by atoms with Crippen molar-refractivity contribution in [3.05, 3.63) is 35.9 Å². The summed E-state index contributed by atoms with van der Waals surface area (Å²) in [7, 11) is 0. The quantitative estimate of drug-likeness (QED) is 0.536. The Morgan fingerprint density at radius 1 is 1.35 bits per heavy atom. The van der Waals surface area contributed by atoms with Crippen molar-refractivity contribution in [1.82, 2.24) is 5.32 Å². The minimum Gasteiger partial charge on any atom is -0.443 e. The summed E-state index contributed by atoms with van der Waals surface area (Å²) in [5.41, 5.74) is 5.80.